The van der Waals surface area contributed by atoms with Gasteiger partial charge in [-0.15, -0.1) is 0 Å². The van der Waals surface area contributed by atoms with Gasteiger partial charge in [-0.2, -0.15) is 0 Å². The van der Waals surface area contributed by atoms with Crippen molar-refractivity contribution in [1.82, 2.24) is 4.98 Å². The lowest BCUT2D eigenvalue weighted by Crippen LogP contribution is -2.13. The Bertz CT molecular complexity index is 918. The van der Waals surface area contributed by atoms with Crippen molar-refractivity contribution in [3.63, 3.8) is 0 Å². The van der Waals surface area contributed by atoms with Crippen LogP contribution in [0, 0.1) is 0 Å². The first kappa shape index (κ1) is 16.1. The van der Waals surface area contributed by atoms with Crippen molar-refractivity contribution >= 4 is 40.1 Å². The number of ether oxygens (including phenoxy) is 1. The molecule has 24 heavy (non-hydrogen) atoms. The number of rotatable bonds is 4. The molecule has 0 aliphatic heterocycles. The van der Waals surface area contributed by atoms with Gasteiger partial charge in [0.1, 0.15) is 5.69 Å². The molecule has 2 N–H and O–H groups in total. The molecule has 0 unspecified atom stereocenters. The van der Waals surface area contributed by atoms with Gasteiger partial charge in [-0.3, -0.25) is 4.79 Å². The van der Waals surface area contributed by atoms with Crippen LogP contribution in [0.25, 0.3) is 10.9 Å². The molecule has 1 heterocycles. The van der Waals surface area contributed by atoms with E-state index >= 15 is 0 Å². The molecule has 1 aromatic heterocycles. The zero-order valence-electron chi connectivity index (χ0n) is 12.9. The number of anilines is 1. The largest absolute Gasteiger partial charge is 0.462 e. The third-order valence-corrected chi connectivity index (χ3v) is 3.70. The molecule has 0 atom stereocenters. The second-order valence-electron chi connectivity index (χ2n) is 5.17. The predicted octanol–water partition coefficient (Wildman–Crippen LogP) is 4.25. The van der Waals surface area contributed by atoms with Crippen LogP contribution in [0.2, 0.25) is 5.02 Å². The summed E-state index contributed by atoms with van der Waals surface area (Å²) in [5.74, 6) is -0.725. The molecule has 122 valence electrons. The van der Waals surface area contributed by atoms with Crippen LogP contribution in [-0.2, 0) is 4.74 Å². The van der Waals surface area contributed by atoms with E-state index in [1.165, 1.54) is 0 Å². The molecule has 0 aliphatic carbocycles. The molecule has 0 spiro atoms. The SMILES string of the molecule is CCOC(=O)c1cccc(NC(=O)c2cc3ccc(Cl)cc3[nH]2)c1. The summed E-state index contributed by atoms with van der Waals surface area (Å²) in [4.78, 5) is 27.2. The van der Waals surface area contributed by atoms with Gasteiger partial charge in [0.15, 0.2) is 0 Å². The Morgan fingerprint density at radius 3 is 2.79 bits per heavy atom. The number of benzene rings is 2. The van der Waals surface area contributed by atoms with Crippen molar-refractivity contribution in [3.8, 4) is 0 Å². The first-order valence-corrected chi connectivity index (χ1v) is 7.81. The summed E-state index contributed by atoms with van der Waals surface area (Å²) in [6.45, 7) is 2.04. The molecule has 0 fully saturated rings. The van der Waals surface area contributed by atoms with Crippen LogP contribution < -0.4 is 5.32 Å². The second-order valence-corrected chi connectivity index (χ2v) is 5.61. The number of esters is 1. The van der Waals surface area contributed by atoms with E-state index < -0.39 is 5.97 Å². The van der Waals surface area contributed by atoms with Crippen molar-refractivity contribution in [1.29, 1.82) is 0 Å². The molecule has 2 aromatic carbocycles. The van der Waals surface area contributed by atoms with E-state index in [-0.39, 0.29) is 5.91 Å². The Hall–Kier alpha value is -2.79. The topological polar surface area (TPSA) is 71.2 Å². The summed E-state index contributed by atoms with van der Waals surface area (Å²) >= 11 is 5.95. The maximum atomic E-state index is 12.4. The minimum atomic E-state index is -0.422. The van der Waals surface area contributed by atoms with Crippen molar-refractivity contribution < 1.29 is 14.3 Å². The first-order valence-electron chi connectivity index (χ1n) is 7.43. The third kappa shape index (κ3) is 3.41. The third-order valence-electron chi connectivity index (χ3n) is 3.46. The van der Waals surface area contributed by atoms with Crippen LogP contribution in [-0.4, -0.2) is 23.5 Å². The van der Waals surface area contributed by atoms with Crippen LogP contribution in [0.15, 0.2) is 48.5 Å². The zero-order chi connectivity index (χ0) is 17.1. The Labute approximate surface area is 143 Å². The number of hydrogen-bond acceptors (Lipinski definition) is 3. The summed E-state index contributed by atoms with van der Waals surface area (Å²) in [7, 11) is 0. The number of nitrogens with one attached hydrogen (secondary N) is 2. The van der Waals surface area contributed by atoms with Gasteiger partial charge in [-0.25, -0.2) is 4.79 Å². The highest BCUT2D eigenvalue weighted by Gasteiger charge is 2.12. The minimum absolute atomic E-state index is 0.299. The Morgan fingerprint density at radius 2 is 2.00 bits per heavy atom. The molecule has 0 aliphatic rings. The number of aromatic nitrogens is 1. The number of fused-ring (bicyclic) bond motifs is 1. The summed E-state index contributed by atoms with van der Waals surface area (Å²) < 4.78 is 4.95. The van der Waals surface area contributed by atoms with E-state index in [0.29, 0.717) is 28.6 Å². The van der Waals surface area contributed by atoms with Crippen LogP contribution >= 0.6 is 11.6 Å². The number of carbonyl (C=O) groups is 2. The van der Waals surface area contributed by atoms with E-state index in [4.69, 9.17) is 16.3 Å². The maximum Gasteiger partial charge on any atom is 0.338 e. The van der Waals surface area contributed by atoms with E-state index in [1.54, 1.807) is 49.4 Å². The molecule has 5 nitrogen and oxygen atoms in total. The van der Waals surface area contributed by atoms with Crippen molar-refractivity contribution in [3.05, 3.63) is 64.8 Å². The fourth-order valence-electron chi connectivity index (χ4n) is 2.36. The fraction of sp³-hybridized carbons (Fsp3) is 0.111. The highest BCUT2D eigenvalue weighted by Crippen LogP contribution is 2.21. The summed E-state index contributed by atoms with van der Waals surface area (Å²) in [5.41, 5.74) is 2.10. The average Bonchev–Trinajstić information content (AvgIpc) is 2.98. The monoisotopic (exact) mass is 342 g/mol. The lowest BCUT2D eigenvalue weighted by atomic mass is 10.2. The summed E-state index contributed by atoms with van der Waals surface area (Å²) in [5, 5.41) is 4.25. The van der Waals surface area contributed by atoms with E-state index in [1.807, 2.05) is 6.07 Å². The quantitative estimate of drug-likeness (QED) is 0.696. The molecule has 0 bridgehead atoms. The van der Waals surface area contributed by atoms with Gasteiger partial charge >= 0.3 is 5.97 Å². The van der Waals surface area contributed by atoms with E-state index in [2.05, 4.69) is 10.3 Å². The smallest absolute Gasteiger partial charge is 0.338 e. The molecule has 0 saturated carbocycles. The average molecular weight is 343 g/mol. The van der Waals surface area contributed by atoms with Gasteiger partial charge in [-0.05, 0) is 43.3 Å². The standard InChI is InChI=1S/C18H15ClN2O3/c1-2-24-18(23)12-4-3-5-14(8-12)20-17(22)16-9-11-6-7-13(19)10-15(11)21-16/h3-10,21H,2H2,1H3,(H,20,22). The van der Waals surface area contributed by atoms with Crippen LogP contribution in [0.3, 0.4) is 0 Å². The van der Waals surface area contributed by atoms with Gasteiger partial charge in [-0.1, -0.05) is 23.7 Å². The minimum Gasteiger partial charge on any atom is -0.462 e. The molecular weight excluding hydrogens is 328 g/mol. The first-order chi connectivity index (χ1) is 11.6. The van der Waals surface area contributed by atoms with E-state index in [9.17, 15) is 9.59 Å². The number of halogens is 1. The molecule has 6 heteroatoms. The summed E-state index contributed by atoms with van der Waals surface area (Å²) in [6.07, 6.45) is 0. The Kier molecular flexibility index (Phi) is 4.53. The highest BCUT2D eigenvalue weighted by molar-refractivity contribution is 6.31. The van der Waals surface area contributed by atoms with Crippen molar-refractivity contribution in [2.75, 3.05) is 11.9 Å². The number of carbonyl (C=O) groups excluding carboxylic acids is 2. The van der Waals surface area contributed by atoms with Gasteiger partial charge in [0, 0.05) is 21.6 Å². The molecule has 0 radical (unpaired) electrons. The molecule has 3 rings (SSSR count). The van der Waals surface area contributed by atoms with Crippen molar-refractivity contribution in [2.24, 2.45) is 0 Å². The highest BCUT2D eigenvalue weighted by atomic mass is 35.5. The van der Waals surface area contributed by atoms with Crippen LogP contribution in [0.5, 0.6) is 0 Å². The zero-order valence-corrected chi connectivity index (χ0v) is 13.7. The van der Waals surface area contributed by atoms with Gasteiger partial charge in [0.2, 0.25) is 0 Å². The van der Waals surface area contributed by atoms with Gasteiger partial charge < -0.3 is 15.0 Å². The predicted molar refractivity (Wildman–Crippen MR) is 93.7 cm³/mol. The normalized spacial score (nSPS) is 10.6. The lowest BCUT2D eigenvalue weighted by Gasteiger charge is -2.06. The molecule has 3 aromatic rings. The lowest BCUT2D eigenvalue weighted by molar-refractivity contribution is 0.0526. The Morgan fingerprint density at radius 1 is 1.17 bits per heavy atom. The van der Waals surface area contributed by atoms with Crippen molar-refractivity contribution in [2.45, 2.75) is 6.92 Å². The molecule has 1 amide bonds. The fourth-order valence-corrected chi connectivity index (χ4v) is 2.53. The Balaban J connectivity index is 1.80. The second kappa shape index (κ2) is 6.76. The van der Waals surface area contributed by atoms with Gasteiger partial charge in [0.05, 0.1) is 12.2 Å². The van der Waals surface area contributed by atoms with Gasteiger partial charge in [0.25, 0.3) is 5.91 Å². The van der Waals surface area contributed by atoms with Crippen LogP contribution in [0.4, 0.5) is 5.69 Å². The number of amides is 1. The van der Waals surface area contributed by atoms with E-state index in [0.717, 1.165) is 10.9 Å². The maximum absolute atomic E-state index is 12.4. The molecule has 0 saturated heterocycles. The number of hydrogen-bond donors (Lipinski definition) is 2. The number of H-pyrrole nitrogens is 1. The number of aromatic amines is 1. The summed E-state index contributed by atoms with van der Waals surface area (Å²) in [6, 6.07) is 13.7. The van der Waals surface area contributed by atoms with Crippen LogP contribution in [0.1, 0.15) is 27.8 Å². The molecular formula is C18H15ClN2O3.